The molecule has 2 aliphatic heterocycles. The van der Waals surface area contributed by atoms with Crippen LogP contribution < -0.4 is 5.32 Å². The Morgan fingerprint density at radius 2 is 1.93 bits per heavy atom. The number of rotatable bonds is 5. The number of nitrogens with zero attached hydrogens (tertiary/aromatic N) is 2. The Balaban J connectivity index is 1.44. The average molecular weight is 376 g/mol. The normalized spacial score (nSPS) is 28.9. The maximum atomic E-state index is 13.5. The molecule has 150 valence electrons. The van der Waals surface area contributed by atoms with Crippen molar-refractivity contribution in [3.8, 4) is 0 Å². The monoisotopic (exact) mass is 375 g/mol. The van der Waals surface area contributed by atoms with Gasteiger partial charge in [-0.15, -0.1) is 0 Å². The Morgan fingerprint density at radius 1 is 1.19 bits per heavy atom. The van der Waals surface area contributed by atoms with Gasteiger partial charge in [0.05, 0.1) is 24.9 Å². The van der Waals surface area contributed by atoms with Gasteiger partial charge in [-0.1, -0.05) is 30.8 Å². The second kappa shape index (κ2) is 8.31. The highest BCUT2D eigenvalue weighted by Crippen LogP contribution is 2.36. The van der Waals surface area contributed by atoms with Gasteiger partial charge in [0.25, 0.3) is 0 Å². The molecule has 0 bridgehead atoms. The molecule has 1 saturated carbocycles. The Kier molecular flexibility index (Phi) is 5.83. The molecule has 6 nitrogen and oxygen atoms in total. The summed E-state index contributed by atoms with van der Waals surface area (Å²) in [5.41, 5.74) is 0.602. The van der Waals surface area contributed by atoms with Gasteiger partial charge in [-0.05, 0) is 45.7 Å². The fourth-order valence-electron chi connectivity index (χ4n) is 5.18. The predicted octanol–water partition coefficient (Wildman–Crippen LogP) is 2.85. The Morgan fingerprint density at radius 3 is 2.63 bits per heavy atom. The number of likely N-dealkylation sites (tertiary alicyclic amines) is 1. The van der Waals surface area contributed by atoms with Crippen molar-refractivity contribution in [2.45, 2.75) is 76.3 Å². The maximum Gasteiger partial charge on any atom is 0.240 e. The molecule has 0 unspecified atom stereocenters. The number of amides is 1. The molecule has 0 spiro atoms. The molecule has 1 aromatic rings. The van der Waals surface area contributed by atoms with Crippen LogP contribution in [0.4, 0.5) is 0 Å². The standard InChI is InChI=1S/C21H33N3O3/c1-16-12-18(27-23-16)13-17-14-26-15-19(17)22-20(25)21(8-4-2-5-9-21)24-10-6-3-7-11-24/h12,17,19H,2-11,13-15H2,1H3,(H,22,25)/t17-,19+/m1/s1. The zero-order valence-corrected chi connectivity index (χ0v) is 16.5. The van der Waals surface area contributed by atoms with Gasteiger partial charge in [0.1, 0.15) is 11.3 Å². The molecule has 3 fully saturated rings. The van der Waals surface area contributed by atoms with E-state index in [0.717, 1.165) is 56.6 Å². The number of carbonyl (C=O) groups is 1. The minimum absolute atomic E-state index is 0.0616. The van der Waals surface area contributed by atoms with E-state index in [-0.39, 0.29) is 23.4 Å². The number of ether oxygens (including phenoxy) is 1. The van der Waals surface area contributed by atoms with Crippen LogP contribution in [0.2, 0.25) is 0 Å². The van der Waals surface area contributed by atoms with E-state index in [9.17, 15) is 4.79 Å². The van der Waals surface area contributed by atoms with E-state index in [2.05, 4.69) is 15.4 Å². The van der Waals surface area contributed by atoms with Crippen molar-refractivity contribution >= 4 is 5.91 Å². The quantitative estimate of drug-likeness (QED) is 0.857. The highest BCUT2D eigenvalue weighted by molar-refractivity contribution is 5.86. The first-order chi connectivity index (χ1) is 13.2. The van der Waals surface area contributed by atoms with E-state index >= 15 is 0 Å². The molecule has 1 N–H and O–H groups in total. The Bertz CT molecular complexity index is 632. The molecule has 3 heterocycles. The van der Waals surface area contributed by atoms with Crippen molar-refractivity contribution in [3.05, 3.63) is 17.5 Å². The minimum atomic E-state index is -0.297. The number of aryl methyl sites for hydroxylation is 1. The van der Waals surface area contributed by atoms with E-state index in [4.69, 9.17) is 9.26 Å². The van der Waals surface area contributed by atoms with Crippen molar-refractivity contribution in [2.75, 3.05) is 26.3 Å². The van der Waals surface area contributed by atoms with Crippen molar-refractivity contribution in [1.82, 2.24) is 15.4 Å². The molecule has 3 aliphatic rings. The summed E-state index contributed by atoms with van der Waals surface area (Å²) in [5, 5.41) is 7.38. The number of nitrogens with one attached hydrogen (secondary N) is 1. The van der Waals surface area contributed by atoms with Gasteiger partial charge in [-0.2, -0.15) is 0 Å². The molecule has 2 saturated heterocycles. The minimum Gasteiger partial charge on any atom is -0.379 e. The lowest BCUT2D eigenvalue weighted by Gasteiger charge is -2.47. The van der Waals surface area contributed by atoms with Crippen LogP contribution in [0.1, 0.15) is 62.8 Å². The Labute approximate surface area is 162 Å². The van der Waals surface area contributed by atoms with Gasteiger partial charge < -0.3 is 14.6 Å². The van der Waals surface area contributed by atoms with Crippen LogP contribution in [-0.2, 0) is 16.0 Å². The summed E-state index contributed by atoms with van der Waals surface area (Å²) in [7, 11) is 0. The molecule has 4 rings (SSSR count). The molecule has 27 heavy (non-hydrogen) atoms. The third kappa shape index (κ3) is 4.06. The summed E-state index contributed by atoms with van der Waals surface area (Å²) in [5.74, 6) is 1.37. The smallest absolute Gasteiger partial charge is 0.240 e. The van der Waals surface area contributed by atoms with Crippen LogP contribution in [0.3, 0.4) is 0 Å². The topological polar surface area (TPSA) is 67.6 Å². The Hall–Kier alpha value is -1.40. The molecule has 2 atom stereocenters. The summed E-state index contributed by atoms with van der Waals surface area (Å²) in [6.07, 6.45) is 10.1. The van der Waals surface area contributed by atoms with E-state index in [0.29, 0.717) is 13.2 Å². The third-order valence-corrected chi connectivity index (χ3v) is 6.72. The lowest BCUT2D eigenvalue weighted by Crippen LogP contribution is -2.62. The lowest BCUT2D eigenvalue weighted by atomic mass is 9.78. The lowest BCUT2D eigenvalue weighted by molar-refractivity contribution is -0.138. The van der Waals surface area contributed by atoms with Gasteiger partial charge in [-0.25, -0.2) is 0 Å². The fourth-order valence-corrected chi connectivity index (χ4v) is 5.18. The molecular formula is C21H33N3O3. The van der Waals surface area contributed by atoms with Crippen LogP contribution in [0.25, 0.3) is 0 Å². The van der Waals surface area contributed by atoms with Crippen LogP contribution in [0.15, 0.2) is 10.6 Å². The van der Waals surface area contributed by atoms with Crippen molar-refractivity contribution < 1.29 is 14.1 Å². The van der Waals surface area contributed by atoms with E-state index < -0.39 is 0 Å². The van der Waals surface area contributed by atoms with Gasteiger partial charge >= 0.3 is 0 Å². The molecule has 1 aromatic heterocycles. The van der Waals surface area contributed by atoms with Crippen LogP contribution in [0.5, 0.6) is 0 Å². The fraction of sp³-hybridized carbons (Fsp3) is 0.810. The zero-order valence-electron chi connectivity index (χ0n) is 16.5. The summed E-state index contributed by atoms with van der Waals surface area (Å²) < 4.78 is 11.1. The molecule has 6 heteroatoms. The van der Waals surface area contributed by atoms with E-state index in [1.54, 1.807) is 0 Å². The molecule has 0 radical (unpaired) electrons. The zero-order chi connectivity index (χ0) is 18.7. The summed E-state index contributed by atoms with van der Waals surface area (Å²) in [4.78, 5) is 16.0. The van der Waals surface area contributed by atoms with Gasteiger partial charge in [-0.3, -0.25) is 9.69 Å². The summed E-state index contributed by atoms with van der Waals surface area (Å²) >= 11 is 0. The second-order valence-electron chi connectivity index (χ2n) is 8.66. The van der Waals surface area contributed by atoms with E-state index in [1.165, 1.54) is 25.7 Å². The van der Waals surface area contributed by atoms with Crippen molar-refractivity contribution in [1.29, 1.82) is 0 Å². The van der Waals surface area contributed by atoms with Crippen molar-refractivity contribution in [3.63, 3.8) is 0 Å². The summed E-state index contributed by atoms with van der Waals surface area (Å²) in [6, 6.07) is 2.04. The van der Waals surface area contributed by atoms with Crippen LogP contribution >= 0.6 is 0 Å². The largest absolute Gasteiger partial charge is 0.379 e. The highest BCUT2D eigenvalue weighted by Gasteiger charge is 2.46. The molecule has 0 aromatic carbocycles. The average Bonchev–Trinajstić information content (AvgIpc) is 3.32. The van der Waals surface area contributed by atoms with Crippen molar-refractivity contribution in [2.24, 2.45) is 5.92 Å². The predicted molar refractivity (Wildman–Crippen MR) is 102 cm³/mol. The third-order valence-electron chi connectivity index (χ3n) is 6.72. The first-order valence-electron chi connectivity index (χ1n) is 10.7. The van der Waals surface area contributed by atoms with Gasteiger partial charge in [0.2, 0.25) is 5.91 Å². The van der Waals surface area contributed by atoms with Crippen LogP contribution in [-0.4, -0.2) is 53.8 Å². The molecule has 1 amide bonds. The number of piperidine rings is 1. The SMILES string of the molecule is Cc1cc(C[C@@H]2COC[C@@H]2NC(=O)C2(N3CCCCC3)CCCCC2)on1. The van der Waals surface area contributed by atoms with Gasteiger partial charge in [0.15, 0.2) is 0 Å². The second-order valence-corrected chi connectivity index (χ2v) is 8.66. The van der Waals surface area contributed by atoms with E-state index in [1.807, 2.05) is 13.0 Å². The number of aromatic nitrogens is 1. The first kappa shape index (κ1) is 18.9. The van der Waals surface area contributed by atoms with Crippen LogP contribution in [0, 0.1) is 12.8 Å². The number of carbonyl (C=O) groups excluding carboxylic acids is 1. The highest BCUT2D eigenvalue weighted by atomic mass is 16.5. The molecular weight excluding hydrogens is 342 g/mol. The molecule has 1 aliphatic carbocycles. The maximum absolute atomic E-state index is 13.5. The first-order valence-corrected chi connectivity index (χ1v) is 10.7. The number of hydrogen-bond acceptors (Lipinski definition) is 5. The number of hydrogen-bond donors (Lipinski definition) is 1. The summed E-state index contributed by atoms with van der Waals surface area (Å²) in [6.45, 7) is 5.33. The van der Waals surface area contributed by atoms with Gasteiger partial charge in [0, 0.05) is 18.4 Å².